The van der Waals surface area contributed by atoms with Gasteiger partial charge in [-0.2, -0.15) is 0 Å². The van der Waals surface area contributed by atoms with E-state index < -0.39 is 7.82 Å². The Morgan fingerprint density at radius 1 is 0.652 bits per heavy atom. The molecule has 0 spiro atoms. The molecule has 4 nitrogen and oxygen atoms in total. The van der Waals surface area contributed by atoms with Crippen LogP contribution in [0.4, 0.5) is 0 Å². The van der Waals surface area contributed by atoms with Crippen molar-refractivity contribution in [2.75, 3.05) is 6.61 Å². The van der Waals surface area contributed by atoms with Gasteiger partial charge in [0.2, 0.25) is 0 Å². The molecule has 0 aliphatic rings. The molecule has 0 saturated carbocycles. The normalized spacial score (nSPS) is 10.9. The third kappa shape index (κ3) is 30.4. The molecule has 0 atom stereocenters. The average Bonchev–Trinajstić information content (AvgIpc) is 2.42. The Hall–Kier alpha value is 3.38. The zero-order chi connectivity index (χ0) is 15.8. The third-order valence-corrected chi connectivity index (χ3v) is 4.28. The van der Waals surface area contributed by atoms with Crippen LogP contribution in [0.2, 0.25) is 0 Å². The van der Waals surface area contributed by atoms with E-state index in [0.717, 1.165) is 19.3 Å². The van der Waals surface area contributed by atoms with Gasteiger partial charge < -0.3 is 9.79 Å². The molecule has 0 radical (unpaired) electrons. The maximum Gasteiger partial charge on any atom is 1.00 e. The van der Waals surface area contributed by atoms with E-state index in [1.807, 2.05) is 0 Å². The first kappa shape index (κ1) is 31.1. The molecule has 0 aliphatic heterocycles. The van der Waals surface area contributed by atoms with Gasteiger partial charge in [0.15, 0.2) is 0 Å². The molecular formula is C16H35K2O4P+2. The van der Waals surface area contributed by atoms with Gasteiger partial charge >= 0.3 is 111 Å². The predicted octanol–water partition coefficient (Wildman–Crippen LogP) is -0.415. The fourth-order valence-electron chi connectivity index (χ4n) is 2.48. The van der Waals surface area contributed by atoms with Crippen LogP contribution < -0.4 is 103 Å². The van der Waals surface area contributed by atoms with Crippen molar-refractivity contribution in [2.24, 2.45) is 0 Å². The minimum atomic E-state index is -4.25. The van der Waals surface area contributed by atoms with Gasteiger partial charge in [0.05, 0.1) is 6.61 Å². The molecule has 0 heterocycles. The number of phosphoric acid groups is 1. The summed E-state index contributed by atoms with van der Waals surface area (Å²) in [6, 6.07) is 0. The summed E-state index contributed by atoms with van der Waals surface area (Å²) in [6.07, 6.45) is 17.8. The zero-order valence-corrected chi connectivity index (χ0v) is 22.9. The van der Waals surface area contributed by atoms with Crippen molar-refractivity contribution in [3.05, 3.63) is 0 Å². The molecule has 23 heavy (non-hydrogen) atoms. The van der Waals surface area contributed by atoms with Gasteiger partial charge in [-0.1, -0.05) is 90.4 Å². The summed E-state index contributed by atoms with van der Waals surface area (Å²) >= 11 is 0. The smallest absolute Gasteiger partial charge is 0.303 e. The van der Waals surface area contributed by atoms with E-state index in [4.69, 9.17) is 9.79 Å². The minimum absolute atomic E-state index is 0. The first-order valence-corrected chi connectivity index (χ1v) is 10.3. The van der Waals surface area contributed by atoms with Gasteiger partial charge in [0, 0.05) is 0 Å². The average molecular weight is 401 g/mol. The molecule has 0 unspecified atom stereocenters. The van der Waals surface area contributed by atoms with E-state index in [1.165, 1.54) is 70.6 Å². The Morgan fingerprint density at radius 2 is 0.957 bits per heavy atom. The standard InChI is InChI=1S/C16H35O4P.2K/c1-2-3-4-5-6-7-8-9-10-11-12-13-14-15-16-20-21(17,18)19;;/h2-16H2,1H3,(H2,17,18,19);;/q;2*+1. The second-order valence-corrected chi connectivity index (χ2v) is 7.16. The van der Waals surface area contributed by atoms with E-state index >= 15 is 0 Å². The molecule has 0 amide bonds. The van der Waals surface area contributed by atoms with E-state index in [1.54, 1.807) is 0 Å². The summed E-state index contributed by atoms with van der Waals surface area (Å²) in [7, 11) is -4.25. The van der Waals surface area contributed by atoms with Crippen LogP contribution in [0, 0.1) is 0 Å². The van der Waals surface area contributed by atoms with Gasteiger partial charge in [-0.05, 0) is 6.42 Å². The van der Waals surface area contributed by atoms with Gasteiger partial charge in [-0.25, -0.2) is 4.57 Å². The number of phosphoric ester groups is 1. The Bertz CT molecular complexity index is 262. The second kappa shape index (κ2) is 23.4. The first-order valence-electron chi connectivity index (χ1n) is 8.76. The SMILES string of the molecule is CCCCCCCCCCCCCCCCOP(=O)(O)O.[K+].[K+]. The second-order valence-electron chi connectivity index (χ2n) is 5.92. The van der Waals surface area contributed by atoms with Crippen molar-refractivity contribution in [1.82, 2.24) is 0 Å². The molecule has 0 bridgehead atoms. The summed E-state index contributed by atoms with van der Waals surface area (Å²) in [5.74, 6) is 0. The van der Waals surface area contributed by atoms with Crippen molar-refractivity contribution >= 4 is 7.82 Å². The molecule has 0 aliphatic carbocycles. The maximum absolute atomic E-state index is 10.4. The predicted molar refractivity (Wildman–Crippen MR) is 88.3 cm³/mol. The molecular weight excluding hydrogens is 365 g/mol. The topological polar surface area (TPSA) is 66.8 Å². The third-order valence-electron chi connectivity index (χ3n) is 3.76. The Kier molecular flexibility index (Phi) is 31.7. The maximum atomic E-state index is 10.4. The molecule has 0 aromatic carbocycles. The summed E-state index contributed by atoms with van der Waals surface area (Å²) in [6.45, 7) is 2.42. The van der Waals surface area contributed by atoms with E-state index in [9.17, 15) is 4.57 Å². The monoisotopic (exact) mass is 400 g/mol. The van der Waals surface area contributed by atoms with Gasteiger partial charge in [-0.3, -0.25) is 4.52 Å². The van der Waals surface area contributed by atoms with Crippen LogP contribution in [0.25, 0.3) is 0 Å². The van der Waals surface area contributed by atoms with E-state index in [0.29, 0.717) is 0 Å². The summed E-state index contributed by atoms with van der Waals surface area (Å²) in [4.78, 5) is 17.0. The van der Waals surface area contributed by atoms with E-state index in [-0.39, 0.29) is 109 Å². The summed E-state index contributed by atoms with van der Waals surface area (Å²) in [5.41, 5.74) is 0. The zero-order valence-electron chi connectivity index (χ0n) is 15.8. The largest absolute Gasteiger partial charge is 1.00 e. The van der Waals surface area contributed by atoms with Crippen LogP contribution in [0.1, 0.15) is 96.8 Å². The quantitative estimate of drug-likeness (QED) is 0.210. The molecule has 2 N–H and O–H groups in total. The molecule has 128 valence electrons. The van der Waals surface area contributed by atoms with Crippen molar-refractivity contribution in [3.63, 3.8) is 0 Å². The Morgan fingerprint density at radius 3 is 1.26 bits per heavy atom. The summed E-state index contributed by atoms with van der Waals surface area (Å²) < 4.78 is 14.8. The van der Waals surface area contributed by atoms with Crippen molar-refractivity contribution < 1.29 is 122 Å². The fraction of sp³-hybridized carbons (Fsp3) is 1.00. The molecule has 0 rings (SSSR count). The van der Waals surface area contributed by atoms with Crippen molar-refractivity contribution in [1.29, 1.82) is 0 Å². The van der Waals surface area contributed by atoms with Crippen molar-refractivity contribution in [3.8, 4) is 0 Å². The molecule has 0 fully saturated rings. The van der Waals surface area contributed by atoms with Gasteiger partial charge in [-0.15, -0.1) is 0 Å². The molecule has 0 saturated heterocycles. The Balaban J connectivity index is -0.00000200. The van der Waals surface area contributed by atoms with Crippen LogP contribution in [0.3, 0.4) is 0 Å². The summed E-state index contributed by atoms with van der Waals surface area (Å²) in [5, 5.41) is 0. The number of unbranched alkanes of at least 4 members (excludes halogenated alkanes) is 13. The molecule has 0 aromatic heterocycles. The Labute approximate surface area is 228 Å². The first-order chi connectivity index (χ1) is 10.1. The van der Waals surface area contributed by atoms with Crippen LogP contribution in [-0.4, -0.2) is 16.4 Å². The number of hydrogen-bond acceptors (Lipinski definition) is 2. The van der Waals surface area contributed by atoms with Gasteiger partial charge in [0.1, 0.15) is 0 Å². The molecule has 7 heteroatoms. The van der Waals surface area contributed by atoms with E-state index in [2.05, 4.69) is 11.4 Å². The van der Waals surface area contributed by atoms with Gasteiger partial charge in [0.25, 0.3) is 0 Å². The number of hydrogen-bond donors (Lipinski definition) is 2. The van der Waals surface area contributed by atoms with Crippen LogP contribution >= 0.6 is 7.82 Å². The molecule has 0 aromatic rings. The fourth-order valence-corrected chi connectivity index (χ4v) is 2.85. The van der Waals surface area contributed by atoms with Crippen molar-refractivity contribution in [2.45, 2.75) is 96.8 Å². The van der Waals surface area contributed by atoms with Crippen LogP contribution in [-0.2, 0) is 9.09 Å². The van der Waals surface area contributed by atoms with Crippen LogP contribution in [0.15, 0.2) is 0 Å². The minimum Gasteiger partial charge on any atom is -0.303 e. The van der Waals surface area contributed by atoms with Crippen LogP contribution in [0.5, 0.6) is 0 Å². The number of rotatable bonds is 16.